The van der Waals surface area contributed by atoms with Crippen LogP contribution in [-0.4, -0.2) is 53.4 Å². The maximum Gasteiger partial charge on any atom is 0.253 e. The maximum absolute atomic E-state index is 13.1. The van der Waals surface area contributed by atoms with Gasteiger partial charge >= 0.3 is 0 Å². The van der Waals surface area contributed by atoms with E-state index in [1.165, 1.54) is 0 Å². The molecular formula is C23H26N2O3. The SMILES string of the molecule is CN1C[C@]2(CCCN(C(=O)c3ccc(-c4ccccc4O)cc3)C2)CCC1=O. The molecule has 1 spiro atoms. The van der Waals surface area contributed by atoms with Gasteiger partial charge in [0.15, 0.2) is 0 Å². The van der Waals surface area contributed by atoms with E-state index in [0.717, 1.165) is 43.5 Å². The van der Waals surface area contributed by atoms with Crippen LogP contribution in [0.4, 0.5) is 0 Å². The molecule has 0 aromatic heterocycles. The van der Waals surface area contributed by atoms with Gasteiger partial charge in [-0.25, -0.2) is 0 Å². The number of phenols is 1. The first-order valence-corrected chi connectivity index (χ1v) is 9.89. The number of rotatable bonds is 2. The third-order valence-corrected chi connectivity index (χ3v) is 6.16. The zero-order valence-corrected chi connectivity index (χ0v) is 16.2. The fourth-order valence-electron chi connectivity index (χ4n) is 4.64. The lowest BCUT2D eigenvalue weighted by Gasteiger charge is -2.47. The minimum Gasteiger partial charge on any atom is -0.507 e. The summed E-state index contributed by atoms with van der Waals surface area (Å²) in [7, 11) is 1.86. The first-order chi connectivity index (χ1) is 13.5. The summed E-state index contributed by atoms with van der Waals surface area (Å²) in [4.78, 5) is 28.7. The molecule has 2 heterocycles. The van der Waals surface area contributed by atoms with Gasteiger partial charge in [0.2, 0.25) is 5.91 Å². The third kappa shape index (κ3) is 3.49. The first-order valence-electron chi connectivity index (χ1n) is 9.89. The third-order valence-electron chi connectivity index (χ3n) is 6.16. The van der Waals surface area contributed by atoms with Crippen molar-refractivity contribution in [1.29, 1.82) is 0 Å². The quantitative estimate of drug-likeness (QED) is 0.870. The highest BCUT2D eigenvalue weighted by atomic mass is 16.3. The van der Waals surface area contributed by atoms with E-state index in [1.54, 1.807) is 12.1 Å². The van der Waals surface area contributed by atoms with Crippen LogP contribution in [-0.2, 0) is 4.79 Å². The number of likely N-dealkylation sites (tertiary alicyclic amines) is 2. The lowest BCUT2D eigenvalue weighted by Crippen LogP contribution is -2.54. The Morgan fingerprint density at radius 3 is 2.50 bits per heavy atom. The van der Waals surface area contributed by atoms with Gasteiger partial charge in [0.05, 0.1) is 0 Å². The molecule has 5 heteroatoms. The second kappa shape index (κ2) is 7.30. The lowest BCUT2D eigenvalue weighted by molar-refractivity contribution is -0.137. The molecule has 2 aromatic carbocycles. The molecule has 2 aliphatic rings. The molecular weight excluding hydrogens is 352 g/mol. The molecule has 2 fully saturated rings. The highest BCUT2D eigenvalue weighted by Gasteiger charge is 2.41. The molecule has 28 heavy (non-hydrogen) atoms. The van der Waals surface area contributed by atoms with Crippen molar-refractivity contribution in [3.05, 3.63) is 54.1 Å². The van der Waals surface area contributed by atoms with E-state index in [-0.39, 0.29) is 23.0 Å². The molecule has 146 valence electrons. The van der Waals surface area contributed by atoms with Crippen molar-refractivity contribution < 1.29 is 14.7 Å². The summed E-state index contributed by atoms with van der Waals surface area (Å²) < 4.78 is 0. The van der Waals surface area contributed by atoms with E-state index in [1.807, 2.05) is 53.2 Å². The van der Waals surface area contributed by atoms with Crippen LogP contribution in [0.1, 0.15) is 36.0 Å². The summed E-state index contributed by atoms with van der Waals surface area (Å²) in [6.07, 6.45) is 3.49. The van der Waals surface area contributed by atoms with Gasteiger partial charge in [-0.15, -0.1) is 0 Å². The van der Waals surface area contributed by atoms with Gasteiger partial charge in [-0.2, -0.15) is 0 Å². The van der Waals surface area contributed by atoms with Crippen molar-refractivity contribution in [2.45, 2.75) is 25.7 Å². The van der Waals surface area contributed by atoms with Crippen molar-refractivity contribution in [3.8, 4) is 16.9 Å². The Morgan fingerprint density at radius 2 is 1.79 bits per heavy atom. The normalized spacial score (nSPS) is 22.5. The fraction of sp³-hybridized carbons (Fsp3) is 0.391. The minimum atomic E-state index is 0.0341. The molecule has 1 N–H and O–H groups in total. The Balaban J connectivity index is 1.50. The van der Waals surface area contributed by atoms with E-state index >= 15 is 0 Å². The number of aromatic hydroxyl groups is 1. The number of para-hydroxylation sites is 1. The molecule has 0 aliphatic carbocycles. The maximum atomic E-state index is 13.1. The minimum absolute atomic E-state index is 0.0341. The first kappa shape index (κ1) is 18.5. The largest absolute Gasteiger partial charge is 0.507 e. The van der Waals surface area contributed by atoms with Gasteiger partial charge in [0.25, 0.3) is 5.91 Å². The number of benzene rings is 2. The van der Waals surface area contributed by atoms with Gasteiger partial charge < -0.3 is 14.9 Å². The van der Waals surface area contributed by atoms with E-state index < -0.39 is 0 Å². The molecule has 2 amide bonds. The predicted octanol–water partition coefficient (Wildman–Crippen LogP) is 3.53. The zero-order chi connectivity index (χ0) is 19.7. The number of nitrogens with zero attached hydrogens (tertiary/aromatic N) is 2. The van der Waals surface area contributed by atoms with Crippen molar-refractivity contribution >= 4 is 11.8 Å². The van der Waals surface area contributed by atoms with Crippen LogP contribution >= 0.6 is 0 Å². The Kier molecular flexibility index (Phi) is 4.84. The van der Waals surface area contributed by atoms with Gasteiger partial charge in [-0.05, 0) is 43.0 Å². The Morgan fingerprint density at radius 1 is 1.04 bits per heavy atom. The van der Waals surface area contributed by atoms with Gasteiger partial charge in [-0.1, -0.05) is 30.3 Å². The molecule has 0 saturated carbocycles. The van der Waals surface area contributed by atoms with Crippen molar-refractivity contribution in [2.75, 3.05) is 26.7 Å². The Labute approximate surface area is 165 Å². The molecule has 2 saturated heterocycles. The monoisotopic (exact) mass is 378 g/mol. The van der Waals surface area contributed by atoms with Gasteiger partial charge in [0, 0.05) is 49.6 Å². The molecule has 4 rings (SSSR count). The van der Waals surface area contributed by atoms with Crippen molar-refractivity contribution in [2.24, 2.45) is 5.41 Å². The number of hydrogen-bond acceptors (Lipinski definition) is 3. The highest BCUT2D eigenvalue weighted by Crippen LogP contribution is 2.39. The van der Waals surface area contributed by atoms with Crippen molar-refractivity contribution in [3.63, 3.8) is 0 Å². The molecule has 2 aliphatic heterocycles. The molecule has 0 radical (unpaired) electrons. The summed E-state index contributed by atoms with van der Waals surface area (Å²) in [5.74, 6) is 0.479. The van der Waals surface area contributed by atoms with Crippen LogP contribution in [0.2, 0.25) is 0 Å². The summed E-state index contributed by atoms with van der Waals surface area (Å²) in [6, 6.07) is 14.6. The zero-order valence-electron chi connectivity index (χ0n) is 16.2. The molecule has 5 nitrogen and oxygen atoms in total. The van der Waals surface area contributed by atoms with E-state index in [4.69, 9.17) is 0 Å². The summed E-state index contributed by atoms with van der Waals surface area (Å²) in [5.41, 5.74) is 2.34. The average Bonchev–Trinajstić information content (AvgIpc) is 2.71. The molecule has 0 bridgehead atoms. The van der Waals surface area contributed by atoms with Crippen LogP contribution in [0.25, 0.3) is 11.1 Å². The Hall–Kier alpha value is -2.82. The molecule has 1 atom stereocenters. The van der Waals surface area contributed by atoms with Crippen LogP contribution in [0, 0.1) is 5.41 Å². The Bertz CT molecular complexity index is 893. The number of carbonyl (C=O) groups excluding carboxylic acids is 2. The number of hydrogen-bond donors (Lipinski definition) is 1. The van der Waals surface area contributed by atoms with Crippen LogP contribution in [0.15, 0.2) is 48.5 Å². The van der Waals surface area contributed by atoms with Gasteiger partial charge in [0.1, 0.15) is 5.75 Å². The number of amides is 2. The molecule has 2 aromatic rings. The van der Waals surface area contributed by atoms with Gasteiger partial charge in [-0.3, -0.25) is 9.59 Å². The average molecular weight is 378 g/mol. The van der Waals surface area contributed by atoms with Crippen LogP contribution < -0.4 is 0 Å². The topological polar surface area (TPSA) is 60.9 Å². The van der Waals surface area contributed by atoms with Crippen LogP contribution in [0.3, 0.4) is 0 Å². The summed E-state index contributed by atoms with van der Waals surface area (Å²) >= 11 is 0. The smallest absolute Gasteiger partial charge is 0.253 e. The lowest BCUT2D eigenvalue weighted by atomic mass is 9.73. The summed E-state index contributed by atoms with van der Waals surface area (Å²) in [5, 5.41) is 10.0. The number of carbonyl (C=O) groups is 2. The van der Waals surface area contributed by atoms with E-state index in [2.05, 4.69) is 0 Å². The van der Waals surface area contributed by atoms with Crippen molar-refractivity contribution in [1.82, 2.24) is 9.80 Å². The second-order valence-corrected chi connectivity index (χ2v) is 8.17. The van der Waals surface area contributed by atoms with E-state index in [0.29, 0.717) is 18.5 Å². The number of piperidine rings is 2. The standard InChI is InChI=1S/C23H26N2O3/c1-24-15-23(13-11-21(24)27)12-4-14-25(16-23)22(28)18-9-7-17(8-10-18)19-5-2-3-6-20(19)26/h2-3,5-10,26H,4,11-16H2,1H3/t23-/m0/s1. The predicted molar refractivity (Wildman–Crippen MR) is 108 cm³/mol. The summed E-state index contributed by atoms with van der Waals surface area (Å²) in [6.45, 7) is 2.21. The second-order valence-electron chi connectivity index (χ2n) is 8.17. The van der Waals surface area contributed by atoms with E-state index in [9.17, 15) is 14.7 Å². The number of phenolic OH excluding ortho intramolecular Hbond substituents is 1. The van der Waals surface area contributed by atoms with Crippen LogP contribution in [0.5, 0.6) is 5.75 Å². The molecule has 0 unspecified atom stereocenters. The highest BCUT2D eigenvalue weighted by molar-refractivity contribution is 5.95. The fourth-order valence-corrected chi connectivity index (χ4v) is 4.64.